The number of piperazine rings is 1. The van der Waals surface area contributed by atoms with Crippen LogP contribution in [-0.4, -0.2) is 47.3 Å². The Morgan fingerprint density at radius 3 is 2.79 bits per heavy atom. The number of aromatic nitrogens is 2. The smallest absolute Gasteiger partial charge is 0.223 e. The highest BCUT2D eigenvalue weighted by Gasteiger charge is 2.27. The normalized spacial score (nSPS) is 17.8. The van der Waals surface area contributed by atoms with Gasteiger partial charge in [-0.2, -0.15) is 5.10 Å². The maximum atomic E-state index is 12.8. The molecule has 0 spiro atoms. The first kappa shape index (κ1) is 16.5. The highest BCUT2D eigenvalue weighted by atomic mass is 16.5. The summed E-state index contributed by atoms with van der Waals surface area (Å²) < 4.78 is 7.04. The van der Waals surface area contributed by atoms with Crippen LogP contribution in [0.3, 0.4) is 0 Å². The van der Waals surface area contributed by atoms with Gasteiger partial charge in [0, 0.05) is 45.0 Å². The molecule has 1 saturated heterocycles. The Bertz CT molecular complexity index is 681. The zero-order chi connectivity index (χ0) is 16.9. The molecule has 1 aliphatic rings. The average molecular weight is 328 g/mol. The second-order valence-corrected chi connectivity index (χ2v) is 6.03. The van der Waals surface area contributed by atoms with E-state index in [9.17, 15) is 4.79 Å². The lowest BCUT2D eigenvalue weighted by atomic mass is 10.0. The molecule has 0 unspecified atom stereocenters. The van der Waals surface area contributed by atoms with Gasteiger partial charge in [-0.25, -0.2) is 0 Å². The fraction of sp³-hybridized carbons (Fsp3) is 0.444. The predicted octanol–water partition coefficient (Wildman–Crippen LogP) is 1.53. The molecule has 3 rings (SSSR count). The number of amides is 1. The van der Waals surface area contributed by atoms with Gasteiger partial charge in [0.05, 0.1) is 13.2 Å². The van der Waals surface area contributed by atoms with Crippen molar-refractivity contribution in [2.24, 2.45) is 7.05 Å². The van der Waals surface area contributed by atoms with Crippen LogP contribution in [0.1, 0.15) is 23.7 Å². The van der Waals surface area contributed by atoms with E-state index in [1.807, 2.05) is 47.0 Å². The van der Waals surface area contributed by atoms with E-state index in [0.717, 1.165) is 36.6 Å². The second kappa shape index (κ2) is 7.49. The fourth-order valence-corrected chi connectivity index (χ4v) is 3.15. The molecule has 1 atom stereocenters. The quantitative estimate of drug-likeness (QED) is 0.904. The summed E-state index contributed by atoms with van der Waals surface area (Å²) in [7, 11) is 3.57. The zero-order valence-electron chi connectivity index (χ0n) is 14.2. The van der Waals surface area contributed by atoms with Crippen LogP contribution in [0.4, 0.5) is 0 Å². The van der Waals surface area contributed by atoms with Crippen molar-refractivity contribution in [2.75, 3.05) is 26.7 Å². The van der Waals surface area contributed by atoms with E-state index >= 15 is 0 Å². The first-order valence-corrected chi connectivity index (χ1v) is 8.30. The van der Waals surface area contributed by atoms with Crippen LogP contribution >= 0.6 is 0 Å². The molecule has 1 aromatic carbocycles. The monoisotopic (exact) mass is 328 g/mol. The van der Waals surface area contributed by atoms with E-state index in [1.165, 1.54) is 0 Å². The molecular weight excluding hydrogens is 304 g/mol. The van der Waals surface area contributed by atoms with Crippen molar-refractivity contribution in [1.82, 2.24) is 20.0 Å². The minimum Gasteiger partial charge on any atom is -0.497 e. The van der Waals surface area contributed by atoms with E-state index in [2.05, 4.69) is 10.4 Å². The SMILES string of the molecule is COc1ccc([C@H]2CNCCN2C(=O)CCc2ccnn2C)cc1. The van der Waals surface area contributed by atoms with E-state index in [-0.39, 0.29) is 11.9 Å². The molecule has 1 N–H and O–H groups in total. The maximum absolute atomic E-state index is 12.8. The van der Waals surface area contributed by atoms with Crippen LogP contribution in [0.25, 0.3) is 0 Å². The number of benzene rings is 1. The molecule has 0 saturated carbocycles. The summed E-state index contributed by atoms with van der Waals surface area (Å²) in [4.78, 5) is 14.7. The van der Waals surface area contributed by atoms with E-state index in [0.29, 0.717) is 12.8 Å². The van der Waals surface area contributed by atoms with Gasteiger partial charge < -0.3 is 15.0 Å². The molecular formula is C18H24N4O2. The molecule has 1 aliphatic heterocycles. The van der Waals surface area contributed by atoms with Crippen molar-refractivity contribution in [2.45, 2.75) is 18.9 Å². The Hall–Kier alpha value is -2.34. The number of ether oxygens (including phenoxy) is 1. The number of hydrogen-bond donors (Lipinski definition) is 1. The maximum Gasteiger partial charge on any atom is 0.223 e. The lowest BCUT2D eigenvalue weighted by molar-refractivity contribution is -0.134. The third-order valence-electron chi connectivity index (χ3n) is 4.58. The number of hydrogen-bond acceptors (Lipinski definition) is 4. The van der Waals surface area contributed by atoms with Gasteiger partial charge in [0.15, 0.2) is 0 Å². The summed E-state index contributed by atoms with van der Waals surface area (Å²) in [6.07, 6.45) is 2.99. The Labute approximate surface area is 142 Å². The lowest BCUT2D eigenvalue weighted by Gasteiger charge is -2.36. The first-order valence-electron chi connectivity index (χ1n) is 8.30. The highest BCUT2D eigenvalue weighted by Crippen LogP contribution is 2.25. The van der Waals surface area contributed by atoms with Gasteiger partial charge in [-0.05, 0) is 30.2 Å². The van der Waals surface area contributed by atoms with Gasteiger partial charge in [-0.15, -0.1) is 0 Å². The van der Waals surface area contributed by atoms with Crippen LogP contribution in [0.5, 0.6) is 5.75 Å². The molecule has 0 aliphatic carbocycles. The minimum atomic E-state index is 0.0729. The van der Waals surface area contributed by atoms with Crippen LogP contribution < -0.4 is 10.1 Å². The topological polar surface area (TPSA) is 59.4 Å². The van der Waals surface area contributed by atoms with Gasteiger partial charge >= 0.3 is 0 Å². The predicted molar refractivity (Wildman–Crippen MR) is 91.8 cm³/mol. The average Bonchev–Trinajstić information content (AvgIpc) is 3.05. The number of carbonyl (C=O) groups is 1. The Morgan fingerprint density at radius 1 is 1.33 bits per heavy atom. The van der Waals surface area contributed by atoms with Gasteiger partial charge in [0.1, 0.15) is 5.75 Å². The van der Waals surface area contributed by atoms with Crippen molar-refractivity contribution in [3.8, 4) is 5.75 Å². The third kappa shape index (κ3) is 3.59. The molecule has 2 heterocycles. The first-order chi connectivity index (χ1) is 11.7. The number of methoxy groups -OCH3 is 1. The van der Waals surface area contributed by atoms with Crippen molar-refractivity contribution in [3.63, 3.8) is 0 Å². The molecule has 1 fully saturated rings. The highest BCUT2D eigenvalue weighted by molar-refractivity contribution is 5.77. The van der Waals surface area contributed by atoms with Gasteiger partial charge in [-0.1, -0.05) is 12.1 Å². The van der Waals surface area contributed by atoms with Gasteiger partial charge in [0.2, 0.25) is 5.91 Å². The molecule has 1 amide bonds. The molecule has 0 bridgehead atoms. The van der Waals surface area contributed by atoms with Crippen molar-refractivity contribution in [1.29, 1.82) is 0 Å². The summed E-state index contributed by atoms with van der Waals surface area (Å²) >= 11 is 0. The number of aryl methyl sites for hydroxylation is 2. The second-order valence-electron chi connectivity index (χ2n) is 6.03. The van der Waals surface area contributed by atoms with Gasteiger partial charge in [0.25, 0.3) is 0 Å². The summed E-state index contributed by atoms with van der Waals surface area (Å²) in [6, 6.07) is 10.0. The standard InChI is InChI=1S/C18H24N4O2/c1-21-15(9-10-20-21)5-8-18(23)22-12-11-19-13-17(22)14-3-6-16(24-2)7-4-14/h3-4,6-7,9-10,17,19H,5,8,11-13H2,1-2H3/t17-/m1/s1. The van der Waals surface area contributed by atoms with E-state index in [1.54, 1.807) is 13.3 Å². The summed E-state index contributed by atoms with van der Waals surface area (Å²) in [5, 5.41) is 7.54. The Balaban J connectivity index is 1.68. The zero-order valence-corrected chi connectivity index (χ0v) is 14.2. The van der Waals surface area contributed by atoms with Crippen LogP contribution in [0.2, 0.25) is 0 Å². The third-order valence-corrected chi connectivity index (χ3v) is 4.58. The number of nitrogens with one attached hydrogen (secondary N) is 1. The number of nitrogens with zero attached hydrogens (tertiary/aromatic N) is 3. The van der Waals surface area contributed by atoms with E-state index < -0.39 is 0 Å². The van der Waals surface area contributed by atoms with Crippen LogP contribution in [0, 0.1) is 0 Å². The van der Waals surface area contributed by atoms with Crippen LogP contribution in [-0.2, 0) is 18.3 Å². The Morgan fingerprint density at radius 2 is 2.12 bits per heavy atom. The number of carbonyl (C=O) groups excluding carboxylic acids is 1. The molecule has 2 aromatic rings. The fourth-order valence-electron chi connectivity index (χ4n) is 3.15. The summed E-state index contributed by atoms with van der Waals surface area (Å²) in [5.41, 5.74) is 2.22. The van der Waals surface area contributed by atoms with Crippen molar-refractivity contribution < 1.29 is 9.53 Å². The molecule has 6 heteroatoms. The number of rotatable bonds is 5. The van der Waals surface area contributed by atoms with Gasteiger partial charge in [-0.3, -0.25) is 9.48 Å². The van der Waals surface area contributed by atoms with Crippen molar-refractivity contribution in [3.05, 3.63) is 47.8 Å². The van der Waals surface area contributed by atoms with Crippen LogP contribution in [0.15, 0.2) is 36.5 Å². The lowest BCUT2D eigenvalue weighted by Crippen LogP contribution is -2.48. The summed E-state index contributed by atoms with van der Waals surface area (Å²) in [6.45, 7) is 2.36. The molecule has 1 aromatic heterocycles. The molecule has 6 nitrogen and oxygen atoms in total. The Kier molecular flexibility index (Phi) is 5.15. The molecule has 128 valence electrons. The summed E-state index contributed by atoms with van der Waals surface area (Å²) in [5.74, 6) is 1.02. The minimum absolute atomic E-state index is 0.0729. The molecule has 0 radical (unpaired) electrons. The van der Waals surface area contributed by atoms with E-state index in [4.69, 9.17) is 4.74 Å². The molecule has 24 heavy (non-hydrogen) atoms. The largest absolute Gasteiger partial charge is 0.497 e. The van der Waals surface area contributed by atoms with Crippen molar-refractivity contribution >= 4 is 5.91 Å².